The molecule has 0 atom stereocenters. The van der Waals surface area contributed by atoms with Gasteiger partial charge in [-0.1, -0.05) is 36.1 Å². The zero-order valence-corrected chi connectivity index (χ0v) is 17.1. The first-order valence-corrected chi connectivity index (χ1v) is 10.0. The molecule has 0 saturated carbocycles. The second-order valence-electron chi connectivity index (χ2n) is 5.79. The summed E-state index contributed by atoms with van der Waals surface area (Å²) in [6.07, 6.45) is 1.81. The predicted molar refractivity (Wildman–Crippen MR) is 116 cm³/mol. The van der Waals surface area contributed by atoms with Gasteiger partial charge >= 0.3 is 5.97 Å². The summed E-state index contributed by atoms with van der Waals surface area (Å²) in [6, 6.07) is 14.2. The van der Waals surface area contributed by atoms with Gasteiger partial charge in [-0.15, -0.1) is 0 Å². The van der Waals surface area contributed by atoms with Gasteiger partial charge in [-0.2, -0.15) is 0 Å². The van der Waals surface area contributed by atoms with Gasteiger partial charge in [-0.05, 0) is 61.9 Å². The summed E-state index contributed by atoms with van der Waals surface area (Å²) in [5.41, 5.74) is 1.94. The van der Waals surface area contributed by atoms with Gasteiger partial charge in [-0.3, -0.25) is 9.69 Å². The highest BCUT2D eigenvalue weighted by Crippen LogP contribution is 2.36. The van der Waals surface area contributed by atoms with Gasteiger partial charge in [0.25, 0.3) is 5.91 Å². The lowest BCUT2D eigenvalue weighted by Crippen LogP contribution is -2.27. The van der Waals surface area contributed by atoms with Gasteiger partial charge in [0, 0.05) is 0 Å². The molecule has 1 heterocycles. The molecular weight excluding hydrogens is 394 g/mol. The second kappa shape index (κ2) is 9.03. The summed E-state index contributed by atoms with van der Waals surface area (Å²) >= 11 is 6.64. The fraction of sp³-hybridized carbons (Fsp3) is 0.190. The summed E-state index contributed by atoms with van der Waals surface area (Å²) in [5, 5.41) is 0. The number of nitrogens with zero attached hydrogens (tertiary/aromatic N) is 1. The molecule has 1 saturated heterocycles. The summed E-state index contributed by atoms with van der Waals surface area (Å²) in [4.78, 5) is 26.6. The minimum atomic E-state index is -0.394. The molecule has 0 aliphatic carbocycles. The smallest absolute Gasteiger partial charge is 0.338 e. The number of carbonyl (C=O) groups is 2. The van der Waals surface area contributed by atoms with Crippen molar-refractivity contribution in [3.63, 3.8) is 0 Å². The fourth-order valence-electron chi connectivity index (χ4n) is 2.63. The maximum absolute atomic E-state index is 12.8. The van der Waals surface area contributed by atoms with Gasteiger partial charge in [-0.25, -0.2) is 4.79 Å². The van der Waals surface area contributed by atoms with Crippen molar-refractivity contribution in [3.05, 3.63) is 64.6 Å². The summed E-state index contributed by atoms with van der Waals surface area (Å²) in [7, 11) is 0. The molecule has 1 fully saturated rings. The van der Waals surface area contributed by atoms with E-state index in [0.717, 1.165) is 11.3 Å². The number of thioether (sulfide) groups is 1. The Morgan fingerprint density at radius 1 is 1.07 bits per heavy atom. The summed E-state index contributed by atoms with van der Waals surface area (Å²) < 4.78 is 10.9. The van der Waals surface area contributed by atoms with Crippen LogP contribution in [0.1, 0.15) is 29.8 Å². The highest BCUT2D eigenvalue weighted by atomic mass is 32.2. The van der Waals surface area contributed by atoms with Gasteiger partial charge in [0.05, 0.1) is 29.4 Å². The molecular formula is C21H19NO4S2. The van der Waals surface area contributed by atoms with Crippen LogP contribution >= 0.6 is 24.0 Å². The zero-order valence-electron chi connectivity index (χ0n) is 15.5. The Balaban J connectivity index is 1.78. The van der Waals surface area contributed by atoms with Gasteiger partial charge in [0.2, 0.25) is 0 Å². The number of anilines is 1. The molecule has 1 amide bonds. The first-order valence-electron chi connectivity index (χ1n) is 8.81. The Hall–Kier alpha value is -2.64. The van der Waals surface area contributed by atoms with E-state index in [1.54, 1.807) is 31.2 Å². The molecule has 1 aliphatic rings. The van der Waals surface area contributed by atoms with E-state index in [9.17, 15) is 9.59 Å². The Kier molecular flexibility index (Phi) is 6.49. The standard InChI is InChI=1S/C21H19NO4S2/c1-3-25-17-11-5-14(6-12-17)13-18-19(23)22(21(27)28-18)16-9-7-15(8-10-16)20(24)26-4-2/h5-13H,3-4H2,1-2H3/b18-13-. The van der Waals surface area contributed by atoms with E-state index >= 15 is 0 Å². The van der Waals surface area contributed by atoms with E-state index < -0.39 is 5.97 Å². The largest absolute Gasteiger partial charge is 0.494 e. The number of amides is 1. The molecule has 7 heteroatoms. The number of thiocarbonyl (C=S) groups is 1. The van der Waals surface area contributed by atoms with Crippen molar-refractivity contribution in [2.24, 2.45) is 0 Å². The van der Waals surface area contributed by atoms with Crippen LogP contribution in [0.4, 0.5) is 5.69 Å². The van der Waals surface area contributed by atoms with Crippen molar-refractivity contribution in [3.8, 4) is 5.75 Å². The fourth-order valence-corrected chi connectivity index (χ4v) is 3.93. The van der Waals surface area contributed by atoms with Crippen molar-refractivity contribution in [1.82, 2.24) is 0 Å². The van der Waals surface area contributed by atoms with Crippen LogP contribution in [0.5, 0.6) is 5.75 Å². The lowest BCUT2D eigenvalue weighted by atomic mass is 10.2. The van der Waals surface area contributed by atoms with Crippen molar-refractivity contribution >= 4 is 51.9 Å². The third kappa shape index (κ3) is 4.43. The number of carbonyl (C=O) groups excluding carboxylic acids is 2. The molecule has 0 bridgehead atoms. The van der Waals surface area contributed by atoms with E-state index in [1.165, 1.54) is 16.7 Å². The molecule has 2 aromatic rings. The van der Waals surface area contributed by atoms with Crippen molar-refractivity contribution in [1.29, 1.82) is 0 Å². The number of rotatable bonds is 6. The van der Waals surface area contributed by atoms with Crippen LogP contribution in [0.25, 0.3) is 6.08 Å². The number of hydrogen-bond acceptors (Lipinski definition) is 6. The Bertz CT molecular complexity index is 920. The highest BCUT2D eigenvalue weighted by molar-refractivity contribution is 8.27. The monoisotopic (exact) mass is 413 g/mol. The minimum absolute atomic E-state index is 0.187. The maximum atomic E-state index is 12.8. The van der Waals surface area contributed by atoms with Crippen LogP contribution in [0.15, 0.2) is 53.4 Å². The molecule has 144 valence electrons. The molecule has 3 rings (SSSR count). The molecule has 0 unspecified atom stereocenters. The topological polar surface area (TPSA) is 55.8 Å². The molecule has 5 nitrogen and oxygen atoms in total. The molecule has 28 heavy (non-hydrogen) atoms. The first-order chi connectivity index (χ1) is 13.5. The number of hydrogen-bond donors (Lipinski definition) is 0. The average Bonchev–Trinajstić information content (AvgIpc) is 2.97. The molecule has 0 aromatic heterocycles. The van der Waals surface area contributed by atoms with Crippen LogP contribution in [0, 0.1) is 0 Å². The van der Waals surface area contributed by atoms with Gasteiger partial charge in [0.1, 0.15) is 5.75 Å². The van der Waals surface area contributed by atoms with Crippen molar-refractivity contribution in [2.75, 3.05) is 18.1 Å². The predicted octanol–water partition coefficient (Wildman–Crippen LogP) is 4.67. The maximum Gasteiger partial charge on any atom is 0.338 e. The normalized spacial score (nSPS) is 15.2. The lowest BCUT2D eigenvalue weighted by Gasteiger charge is -2.14. The van der Waals surface area contributed by atoms with Crippen LogP contribution in [-0.4, -0.2) is 29.4 Å². The van der Waals surface area contributed by atoms with E-state index in [1.807, 2.05) is 37.3 Å². The second-order valence-corrected chi connectivity index (χ2v) is 7.46. The number of benzene rings is 2. The summed E-state index contributed by atoms with van der Waals surface area (Å²) in [6.45, 7) is 4.60. The van der Waals surface area contributed by atoms with Gasteiger partial charge < -0.3 is 9.47 Å². The number of ether oxygens (including phenoxy) is 2. The third-order valence-electron chi connectivity index (χ3n) is 3.92. The third-order valence-corrected chi connectivity index (χ3v) is 5.22. The molecule has 0 spiro atoms. The van der Waals surface area contributed by atoms with Crippen LogP contribution < -0.4 is 9.64 Å². The zero-order chi connectivity index (χ0) is 20.1. The Labute approximate surface area is 173 Å². The average molecular weight is 414 g/mol. The van der Waals surface area contributed by atoms with Gasteiger partial charge in [0.15, 0.2) is 4.32 Å². The Morgan fingerprint density at radius 3 is 2.36 bits per heavy atom. The van der Waals surface area contributed by atoms with Crippen LogP contribution in [-0.2, 0) is 9.53 Å². The number of esters is 1. The first kappa shape index (κ1) is 20.1. The molecule has 0 N–H and O–H groups in total. The van der Waals surface area contributed by atoms with E-state index in [2.05, 4.69) is 0 Å². The van der Waals surface area contributed by atoms with Crippen LogP contribution in [0.3, 0.4) is 0 Å². The molecule has 1 aliphatic heterocycles. The summed E-state index contributed by atoms with van der Waals surface area (Å²) in [5.74, 6) is 0.205. The van der Waals surface area contributed by atoms with Crippen molar-refractivity contribution in [2.45, 2.75) is 13.8 Å². The van der Waals surface area contributed by atoms with E-state index in [0.29, 0.717) is 33.7 Å². The molecule has 0 radical (unpaired) electrons. The highest BCUT2D eigenvalue weighted by Gasteiger charge is 2.33. The van der Waals surface area contributed by atoms with E-state index in [4.69, 9.17) is 21.7 Å². The van der Waals surface area contributed by atoms with Crippen LogP contribution in [0.2, 0.25) is 0 Å². The molecule has 2 aromatic carbocycles. The van der Waals surface area contributed by atoms with E-state index in [-0.39, 0.29) is 5.91 Å². The quantitative estimate of drug-likeness (QED) is 0.390. The SMILES string of the molecule is CCOC(=O)c1ccc(N2C(=O)/C(=C/c3ccc(OCC)cc3)SC2=S)cc1. The lowest BCUT2D eigenvalue weighted by molar-refractivity contribution is -0.113. The van der Waals surface area contributed by atoms with Crippen molar-refractivity contribution < 1.29 is 19.1 Å². The Morgan fingerprint density at radius 2 is 1.75 bits per heavy atom. The minimum Gasteiger partial charge on any atom is -0.494 e.